The third-order valence-corrected chi connectivity index (χ3v) is 3.91. The molecule has 0 spiro atoms. The molecule has 0 saturated carbocycles. The van der Waals surface area contributed by atoms with Crippen molar-refractivity contribution in [3.05, 3.63) is 28.2 Å². The van der Waals surface area contributed by atoms with Gasteiger partial charge in [0.25, 0.3) is 0 Å². The third-order valence-electron chi connectivity index (χ3n) is 3.41. The summed E-state index contributed by atoms with van der Waals surface area (Å²) in [5.74, 6) is 1.51. The van der Waals surface area contributed by atoms with Crippen LogP contribution in [0.15, 0.2) is 22.7 Å². The Labute approximate surface area is 105 Å². The van der Waals surface area contributed by atoms with Crippen molar-refractivity contribution in [1.29, 1.82) is 0 Å². The molecule has 2 N–H and O–H groups in total. The summed E-state index contributed by atoms with van der Waals surface area (Å²) in [6.45, 7) is 4.41. The van der Waals surface area contributed by atoms with Gasteiger partial charge < -0.3 is 10.5 Å². The molecule has 2 rings (SSSR count). The molecule has 0 saturated heterocycles. The second-order valence-electron chi connectivity index (χ2n) is 4.57. The highest BCUT2D eigenvalue weighted by atomic mass is 79.9. The van der Waals surface area contributed by atoms with Gasteiger partial charge in [-0.2, -0.15) is 0 Å². The van der Waals surface area contributed by atoms with Gasteiger partial charge in [-0.3, -0.25) is 0 Å². The van der Waals surface area contributed by atoms with E-state index >= 15 is 0 Å². The second-order valence-corrected chi connectivity index (χ2v) is 5.48. The third kappa shape index (κ3) is 2.25. The molecule has 1 aromatic rings. The minimum Gasteiger partial charge on any atom is -0.490 e. The summed E-state index contributed by atoms with van der Waals surface area (Å²) in [6, 6.07) is 6.17. The maximum atomic E-state index is 6.20. The van der Waals surface area contributed by atoms with Gasteiger partial charge in [-0.05, 0) is 24.1 Å². The Balaban J connectivity index is 2.26. The molecule has 0 amide bonds. The fourth-order valence-electron chi connectivity index (χ4n) is 2.12. The van der Waals surface area contributed by atoms with E-state index in [2.05, 4.69) is 35.8 Å². The van der Waals surface area contributed by atoms with Crippen LogP contribution in [0.25, 0.3) is 0 Å². The van der Waals surface area contributed by atoms with Gasteiger partial charge in [0.15, 0.2) is 0 Å². The molecule has 88 valence electrons. The lowest BCUT2D eigenvalue weighted by molar-refractivity contribution is 0.105. The molecular formula is C13H18BrNO. The Kier molecular flexibility index (Phi) is 3.55. The summed E-state index contributed by atoms with van der Waals surface area (Å²) in [4.78, 5) is 0. The van der Waals surface area contributed by atoms with Crippen LogP contribution < -0.4 is 10.5 Å². The average Bonchev–Trinajstić information content (AvgIpc) is 2.28. The first-order chi connectivity index (χ1) is 7.61. The highest BCUT2D eigenvalue weighted by Crippen LogP contribution is 2.37. The molecule has 16 heavy (non-hydrogen) atoms. The molecule has 3 heteroatoms. The van der Waals surface area contributed by atoms with Crippen molar-refractivity contribution in [2.24, 2.45) is 11.7 Å². The molecule has 0 bridgehead atoms. The van der Waals surface area contributed by atoms with Crippen LogP contribution in [0.2, 0.25) is 0 Å². The molecule has 1 aromatic carbocycles. The zero-order chi connectivity index (χ0) is 11.7. The molecule has 2 unspecified atom stereocenters. The van der Waals surface area contributed by atoms with Gasteiger partial charge in [0.05, 0.1) is 0 Å². The Morgan fingerprint density at radius 1 is 1.56 bits per heavy atom. The first kappa shape index (κ1) is 11.9. The van der Waals surface area contributed by atoms with Gasteiger partial charge in [-0.25, -0.2) is 0 Å². The van der Waals surface area contributed by atoms with E-state index in [4.69, 9.17) is 10.5 Å². The van der Waals surface area contributed by atoms with Crippen LogP contribution in [-0.2, 0) is 0 Å². The summed E-state index contributed by atoms with van der Waals surface area (Å²) < 4.78 is 7.07. The monoisotopic (exact) mass is 283 g/mol. The molecule has 1 heterocycles. The van der Waals surface area contributed by atoms with Crippen molar-refractivity contribution in [2.75, 3.05) is 0 Å². The van der Waals surface area contributed by atoms with Gasteiger partial charge in [0.1, 0.15) is 11.9 Å². The zero-order valence-corrected chi connectivity index (χ0v) is 11.3. The molecular weight excluding hydrogens is 266 g/mol. The highest BCUT2D eigenvalue weighted by Gasteiger charge is 2.28. The fraction of sp³-hybridized carbons (Fsp3) is 0.538. The van der Waals surface area contributed by atoms with Crippen molar-refractivity contribution in [3.8, 4) is 5.75 Å². The van der Waals surface area contributed by atoms with Crippen LogP contribution in [0.3, 0.4) is 0 Å². The number of halogens is 1. The first-order valence-electron chi connectivity index (χ1n) is 5.83. The fourth-order valence-corrected chi connectivity index (χ4v) is 2.49. The van der Waals surface area contributed by atoms with Crippen LogP contribution in [0.1, 0.15) is 38.3 Å². The molecule has 0 fully saturated rings. The van der Waals surface area contributed by atoms with Crippen molar-refractivity contribution >= 4 is 15.9 Å². The largest absolute Gasteiger partial charge is 0.490 e. The minimum absolute atomic E-state index is 0.0975. The van der Waals surface area contributed by atoms with Crippen LogP contribution >= 0.6 is 15.9 Å². The second kappa shape index (κ2) is 4.76. The quantitative estimate of drug-likeness (QED) is 0.899. The Morgan fingerprint density at radius 3 is 3.00 bits per heavy atom. The van der Waals surface area contributed by atoms with Crippen LogP contribution in [0.4, 0.5) is 0 Å². The van der Waals surface area contributed by atoms with Gasteiger partial charge >= 0.3 is 0 Å². The maximum Gasteiger partial charge on any atom is 0.124 e. The summed E-state index contributed by atoms with van der Waals surface area (Å²) >= 11 is 3.46. The van der Waals surface area contributed by atoms with Gasteiger partial charge in [-0.1, -0.05) is 36.2 Å². The van der Waals surface area contributed by atoms with E-state index < -0.39 is 0 Å². The van der Waals surface area contributed by atoms with Gasteiger partial charge in [0.2, 0.25) is 0 Å². The Bertz CT molecular complexity index is 380. The topological polar surface area (TPSA) is 35.2 Å². The van der Waals surface area contributed by atoms with E-state index in [9.17, 15) is 0 Å². The molecule has 0 aliphatic carbocycles. The SMILES string of the molecule is CCC(C)C1C[C@H](N)c2cc(Br)ccc2O1. The van der Waals surface area contributed by atoms with Crippen molar-refractivity contribution in [1.82, 2.24) is 0 Å². The number of nitrogens with two attached hydrogens (primary N) is 1. The Morgan fingerprint density at radius 2 is 2.31 bits per heavy atom. The number of rotatable bonds is 2. The number of hydrogen-bond acceptors (Lipinski definition) is 2. The van der Waals surface area contributed by atoms with E-state index in [1.807, 2.05) is 12.1 Å². The lowest BCUT2D eigenvalue weighted by Gasteiger charge is -2.33. The number of fused-ring (bicyclic) bond motifs is 1. The van der Waals surface area contributed by atoms with E-state index in [0.717, 1.165) is 28.6 Å². The van der Waals surface area contributed by atoms with Crippen LogP contribution in [0, 0.1) is 5.92 Å². The van der Waals surface area contributed by atoms with Crippen molar-refractivity contribution in [2.45, 2.75) is 38.8 Å². The normalized spacial score (nSPS) is 25.8. The standard InChI is InChI=1S/C13H18BrNO/c1-3-8(2)13-7-11(15)10-6-9(14)4-5-12(10)16-13/h4-6,8,11,13H,3,7,15H2,1-2H3/t8?,11-,13?/m0/s1. The van der Waals surface area contributed by atoms with Crippen LogP contribution in [0.5, 0.6) is 5.75 Å². The predicted molar refractivity (Wildman–Crippen MR) is 69.6 cm³/mol. The lowest BCUT2D eigenvalue weighted by atomic mass is 9.90. The van der Waals surface area contributed by atoms with Crippen LogP contribution in [-0.4, -0.2) is 6.10 Å². The molecule has 1 aliphatic heterocycles. The molecule has 0 aromatic heterocycles. The van der Waals surface area contributed by atoms with Crippen molar-refractivity contribution < 1.29 is 4.74 Å². The number of hydrogen-bond donors (Lipinski definition) is 1. The predicted octanol–water partition coefficient (Wildman–Crippen LogP) is 3.65. The molecule has 1 aliphatic rings. The molecule has 0 radical (unpaired) electrons. The van der Waals surface area contributed by atoms with Crippen molar-refractivity contribution in [3.63, 3.8) is 0 Å². The first-order valence-corrected chi connectivity index (χ1v) is 6.62. The molecule has 2 nitrogen and oxygen atoms in total. The van der Waals surface area contributed by atoms with E-state index in [0.29, 0.717) is 5.92 Å². The van der Waals surface area contributed by atoms with E-state index in [1.54, 1.807) is 0 Å². The average molecular weight is 284 g/mol. The highest BCUT2D eigenvalue weighted by molar-refractivity contribution is 9.10. The number of ether oxygens (including phenoxy) is 1. The summed E-state index contributed by atoms with van der Waals surface area (Å²) in [5.41, 5.74) is 7.32. The van der Waals surface area contributed by atoms with Gasteiger partial charge in [-0.15, -0.1) is 0 Å². The zero-order valence-electron chi connectivity index (χ0n) is 9.74. The van der Waals surface area contributed by atoms with E-state index in [1.165, 1.54) is 0 Å². The smallest absolute Gasteiger partial charge is 0.124 e. The summed E-state index contributed by atoms with van der Waals surface area (Å²) in [6.07, 6.45) is 2.30. The number of benzene rings is 1. The summed E-state index contributed by atoms with van der Waals surface area (Å²) in [5, 5.41) is 0. The van der Waals surface area contributed by atoms with Gasteiger partial charge in [0, 0.05) is 22.5 Å². The molecule has 3 atom stereocenters. The Hall–Kier alpha value is -0.540. The summed E-state index contributed by atoms with van der Waals surface area (Å²) in [7, 11) is 0. The van der Waals surface area contributed by atoms with E-state index in [-0.39, 0.29) is 12.1 Å². The maximum absolute atomic E-state index is 6.20. The minimum atomic E-state index is 0.0975. The lowest BCUT2D eigenvalue weighted by Crippen LogP contribution is -2.34.